The van der Waals surface area contributed by atoms with Gasteiger partial charge in [0.05, 0.1) is 13.2 Å². The summed E-state index contributed by atoms with van der Waals surface area (Å²) in [5, 5.41) is 0.923. The van der Waals surface area contributed by atoms with E-state index in [1.165, 1.54) is 5.69 Å². The summed E-state index contributed by atoms with van der Waals surface area (Å²) in [5.74, 6) is 0.00468. The van der Waals surface area contributed by atoms with Gasteiger partial charge >= 0.3 is 5.63 Å². The van der Waals surface area contributed by atoms with Crippen molar-refractivity contribution in [3.05, 3.63) is 75.1 Å². The van der Waals surface area contributed by atoms with Crippen LogP contribution in [0.1, 0.15) is 28.7 Å². The van der Waals surface area contributed by atoms with Gasteiger partial charge in [-0.05, 0) is 55.2 Å². The maximum atomic E-state index is 12.7. The first-order valence-electron chi connectivity index (χ1n) is 11.1. The van der Waals surface area contributed by atoms with Crippen molar-refractivity contribution in [3.63, 3.8) is 0 Å². The molecular weight excluding hydrogens is 404 g/mol. The van der Waals surface area contributed by atoms with Crippen LogP contribution in [0.3, 0.4) is 0 Å². The minimum Gasteiger partial charge on any atom is -0.423 e. The lowest BCUT2D eigenvalue weighted by Crippen LogP contribution is -2.36. The van der Waals surface area contributed by atoms with E-state index in [0.717, 1.165) is 48.4 Å². The van der Waals surface area contributed by atoms with Gasteiger partial charge in [0.15, 0.2) is 0 Å². The topological polar surface area (TPSA) is 63.0 Å². The zero-order valence-corrected chi connectivity index (χ0v) is 19.0. The molecule has 0 N–H and O–H groups in total. The second kappa shape index (κ2) is 9.57. The highest BCUT2D eigenvalue weighted by Crippen LogP contribution is 2.22. The third kappa shape index (κ3) is 4.86. The maximum Gasteiger partial charge on any atom is 0.339 e. The van der Waals surface area contributed by atoms with Crippen LogP contribution in [0.25, 0.3) is 11.0 Å². The fraction of sp³-hybridized carbons (Fsp3) is 0.385. The number of morpholine rings is 1. The molecule has 0 spiro atoms. The van der Waals surface area contributed by atoms with Crippen molar-refractivity contribution in [2.75, 3.05) is 38.3 Å². The van der Waals surface area contributed by atoms with Crippen molar-refractivity contribution in [1.82, 2.24) is 4.90 Å². The number of fused-ring (bicyclic) bond motifs is 1. The van der Waals surface area contributed by atoms with E-state index >= 15 is 0 Å². The molecule has 0 radical (unpaired) electrons. The zero-order chi connectivity index (χ0) is 22.7. The Morgan fingerprint density at radius 3 is 2.50 bits per heavy atom. The van der Waals surface area contributed by atoms with Gasteiger partial charge < -0.3 is 19.0 Å². The Labute approximate surface area is 188 Å². The summed E-state index contributed by atoms with van der Waals surface area (Å²) in [6, 6.07) is 14.2. The Kier molecular flexibility index (Phi) is 6.61. The second-order valence-electron chi connectivity index (χ2n) is 8.51. The molecule has 6 nitrogen and oxygen atoms in total. The predicted octanol–water partition coefficient (Wildman–Crippen LogP) is 3.84. The summed E-state index contributed by atoms with van der Waals surface area (Å²) in [6.07, 6.45) is 0.641. The predicted molar refractivity (Wildman–Crippen MR) is 126 cm³/mol. The van der Waals surface area contributed by atoms with Crippen molar-refractivity contribution < 1.29 is 13.9 Å². The van der Waals surface area contributed by atoms with Crippen LogP contribution in [-0.4, -0.2) is 44.2 Å². The van der Waals surface area contributed by atoms with Crippen LogP contribution in [-0.2, 0) is 22.5 Å². The van der Waals surface area contributed by atoms with Crippen molar-refractivity contribution in [2.45, 2.75) is 33.2 Å². The Bertz CT molecular complexity index is 1160. The highest BCUT2D eigenvalue weighted by atomic mass is 16.5. The maximum absolute atomic E-state index is 12.7. The van der Waals surface area contributed by atoms with E-state index in [9.17, 15) is 9.59 Å². The summed E-state index contributed by atoms with van der Waals surface area (Å²) in [7, 11) is 1.80. The normalized spacial score (nSPS) is 14.0. The Balaban J connectivity index is 1.38. The molecule has 1 aromatic heterocycles. The Hall–Kier alpha value is -3.12. The van der Waals surface area contributed by atoms with Gasteiger partial charge in [-0.25, -0.2) is 4.79 Å². The first-order chi connectivity index (χ1) is 15.4. The Morgan fingerprint density at radius 2 is 1.78 bits per heavy atom. The number of ether oxygens (including phenoxy) is 1. The minimum atomic E-state index is -0.352. The summed E-state index contributed by atoms with van der Waals surface area (Å²) in [6.45, 7) is 7.74. The number of rotatable bonds is 6. The first kappa shape index (κ1) is 22.1. The highest BCUT2D eigenvalue weighted by molar-refractivity contribution is 5.82. The minimum absolute atomic E-state index is 0.00468. The third-order valence-electron chi connectivity index (χ3n) is 6.19. The van der Waals surface area contributed by atoms with E-state index in [4.69, 9.17) is 9.15 Å². The van der Waals surface area contributed by atoms with E-state index in [0.29, 0.717) is 24.1 Å². The molecule has 0 aliphatic carbocycles. The molecular formula is C26H30N2O4. The standard InChI is InChI=1S/C26H30N2O4/c1-18-4-9-22-19(2)23(26(30)32-24(22)16-18)10-11-25(29)27(3)17-20-5-7-21(8-6-20)28-12-14-31-15-13-28/h4-9,16H,10-15,17H2,1-3H3. The number of carbonyl (C=O) groups is 1. The Morgan fingerprint density at radius 1 is 1.06 bits per heavy atom. The molecule has 1 amide bonds. The van der Waals surface area contributed by atoms with Gasteiger partial charge in [0.2, 0.25) is 5.91 Å². The van der Waals surface area contributed by atoms with Crippen LogP contribution in [0.5, 0.6) is 0 Å². The van der Waals surface area contributed by atoms with Crippen LogP contribution in [0.2, 0.25) is 0 Å². The van der Waals surface area contributed by atoms with E-state index in [2.05, 4.69) is 29.2 Å². The van der Waals surface area contributed by atoms with Gasteiger partial charge in [0, 0.05) is 49.7 Å². The molecule has 4 rings (SSSR count). The van der Waals surface area contributed by atoms with Crippen LogP contribution < -0.4 is 10.5 Å². The van der Waals surface area contributed by atoms with E-state index in [1.807, 2.05) is 32.0 Å². The van der Waals surface area contributed by atoms with E-state index in [1.54, 1.807) is 11.9 Å². The molecule has 0 saturated carbocycles. The van der Waals surface area contributed by atoms with Gasteiger partial charge in [-0.2, -0.15) is 0 Å². The fourth-order valence-electron chi connectivity index (χ4n) is 4.21. The van der Waals surface area contributed by atoms with E-state index in [-0.39, 0.29) is 18.0 Å². The number of hydrogen-bond acceptors (Lipinski definition) is 5. The lowest BCUT2D eigenvalue weighted by atomic mass is 10.0. The average Bonchev–Trinajstić information content (AvgIpc) is 2.79. The quantitative estimate of drug-likeness (QED) is 0.552. The van der Waals surface area contributed by atoms with Gasteiger partial charge in [-0.3, -0.25) is 4.79 Å². The largest absolute Gasteiger partial charge is 0.423 e. The second-order valence-corrected chi connectivity index (χ2v) is 8.51. The van der Waals surface area contributed by atoms with Gasteiger partial charge in [0.25, 0.3) is 0 Å². The third-order valence-corrected chi connectivity index (χ3v) is 6.19. The molecule has 1 aliphatic heterocycles. The van der Waals surface area contributed by atoms with Gasteiger partial charge in [0.1, 0.15) is 5.58 Å². The smallest absolute Gasteiger partial charge is 0.339 e. The van der Waals surface area contributed by atoms with Crippen LogP contribution in [0.15, 0.2) is 51.7 Å². The van der Waals surface area contributed by atoms with Crippen LogP contribution in [0, 0.1) is 13.8 Å². The summed E-state index contributed by atoms with van der Waals surface area (Å²) in [5.41, 5.74) is 5.02. The molecule has 1 saturated heterocycles. The number of amides is 1. The number of anilines is 1. The first-order valence-corrected chi connectivity index (χ1v) is 11.1. The van der Waals surface area contributed by atoms with Crippen molar-refractivity contribution in [2.24, 2.45) is 0 Å². The fourth-order valence-corrected chi connectivity index (χ4v) is 4.21. The SMILES string of the molecule is Cc1ccc2c(C)c(CCC(=O)N(C)Cc3ccc(N4CCOCC4)cc3)c(=O)oc2c1. The molecule has 2 aromatic carbocycles. The number of aryl methyl sites for hydroxylation is 2. The lowest BCUT2D eigenvalue weighted by molar-refractivity contribution is -0.130. The number of benzene rings is 2. The summed E-state index contributed by atoms with van der Waals surface area (Å²) < 4.78 is 10.9. The van der Waals surface area contributed by atoms with Gasteiger partial charge in [-0.1, -0.05) is 24.3 Å². The van der Waals surface area contributed by atoms with Crippen molar-refractivity contribution in [1.29, 1.82) is 0 Å². The summed E-state index contributed by atoms with van der Waals surface area (Å²) in [4.78, 5) is 29.3. The summed E-state index contributed by atoms with van der Waals surface area (Å²) >= 11 is 0. The van der Waals surface area contributed by atoms with Crippen molar-refractivity contribution in [3.8, 4) is 0 Å². The van der Waals surface area contributed by atoms with Gasteiger partial charge in [-0.15, -0.1) is 0 Å². The average molecular weight is 435 g/mol. The number of nitrogens with zero attached hydrogens (tertiary/aromatic N) is 2. The van der Waals surface area contributed by atoms with E-state index < -0.39 is 0 Å². The molecule has 0 bridgehead atoms. The molecule has 168 valence electrons. The van der Waals surface area contributed by atoms with Crippen molar-refractivity contribution >= 4 is 22.6 Å². The van der Waals surface area contributed by atoms with Crippen LogP contribution >= 0.6 is 0 Å². The van der Waals surface area contributed by atoms with Crippen LogP contribution in [0.4, 0.5) is 5.69 Å². The molecule has 2 heterocycles. The highest BCUT2D eigenvalue weighted by Gasteiger charge is 2.16. The number of carbonyl (C=O) groups excluding carboxylic acids is 1. The lowest BCUT2D eigenvalue weighted by Gasteiger charge is -2.29. The molecule has 1 aliphatic rings. The zero-order valence-electron chi connectivity index (χ0n) is 19.0. The number of hydrogen-bond donors (Lipinski definition) is 0. The molecule has 1 fully saturated rings. The monoisotopic (exact) mass is 434 g/mol. The molecule has 6 heteroatoms. The molecule has 3 aromatic rings. The molecule has 32 heavy (non-hydrogen) atoms. The molecule has 0 unspecified atom stereocenters. The molecule has 0 atom stereocenters.